The summed E-state index contributed by atoms with van der Waals surface area (Å²) in [6, 6.07) is 19.4. The number of pyridine rings is 1. The summed E-state index contributed by atoms with van der Waals surface area (Å²) in [6.45, 7) is 1.78. The van der Waals surface area contributed by atoms with E-state index in [1.807, 2.05) is 54.6 Å². The maximum absolute atomic E-state index is 12.2. The molecule has 0 radical (unpaired) electrons. The zero-order valence-electron chi connectivity index (χ0n) is 14.3. The summed E-state index contributed by atoms with van der Waals surface area (Å²) in [6.07, 6.45) is 3.10. The van der Waals surface area contributed by atoms with Gasteiger partial charge in [0.15, 0.2) is 0 Å². The maximum Gasteiger partial charge on any atom is 0.252 e. The second-order valence-corrected chi connectivity index (χ2v) is 7.21. The number of aromatic nitrogens is 1. The minimum absolute atomic E-state index is 0.100. The molecule has 0 saturated carbocycles. The molecule has 1 atom stereocenters. The molecule has 0 saturated heterocycles. The van der Waals surface area contributed by atoms with E-state index >= 15 is 0 Å². The van der Waals surface area contributed by atoms with E-state index < -0.39 is 5.60 Å². The summed E-state index contributed by atoms with van der Waals surface area (Å²) in [4.78, 5) is 16.2. The number of nitrogens with zero attached hydrogens (tertiary/aromatic N) is 1. The van der Waals surface area contributed by atoms with Crippen LogP contribution in [0.1, 0.15) is 22.8 Å². The van der Waals surface area contributed by atoms with Crippen LogP contribution < -0.4 is 5.32 Å². The Kier molecular flexibility index (Phi) is 5.49. The van der Waals surface area contributed by atoms with E-state index in [1.165, 1.54) is 6.20 Å². The van der Waals surface area contributed by atoms with Crippen LogP contribution in [0.3, 0.4) is 0 Å². The molecule has 26 heavy (non-hydrogen) atoms. The Bertz CT molecular complexity index is 893. The number of amides is 1. The number of aliphatic hydroxyl groups is 1. The van der Waals surface area contributed by atoms with Crippen molar-refractivity contribution in [1.29, 1.82) is 0 Å². The lowest BCUT2D eigenvalue weighted by Gasteiger charge is -2.24. The number of carbonyl (C=O) groups excluding carboxylic acids is 1. The van der Waals surface area contributed by atoms with Crippen LogP contribution in [-0.2, 0) is 5.60 Å². The van der Waals surface area contributed by atoms with Gasteiger partial charge in [0, 0.05) is 16.9 Å². The lowest BCUT2D eigenvalue weighted by molar-refractivity contribution is 0.0526. The molecule has 2 aromatic carbocycles. The third-order valence-electron chi connectivity index (χ3n) is 4.17. The SMILES string of the molecule is C[C@@](O)(CNC(=O)c1cncc(Br)c1)c1ccc(-c2ccccc2)cc1. The van der Waals surface area contributed by atoms with Crippen molar-refractivity contribution in [3.05, 3.63) is 88.7 Å². The summed E-state index contributed by atoms with van der Waals surface area (Å²) in [5.74, 6) is -0.278. The van der Waals surface area contributed by atoms with Crippen LogP contribution in [0.4, 0.5) is 0 Å². The molecule has 132 valence electrons. The minimum Gasteiger partial charge on any atom is -0.384 e. The number of nitrogens with one attached hydrogen (secondary N) is 1. The molecular weight excluding hydrogens is 392 g/mol. The van der Waals surface area contributed by atoms with Gasteiger partial charge in [-0.1, -0.05) is 54.6 Å². The van der Waals surface area contributed by atoms with Gasteiger partial charge >= 0.3 is 0 Å². The molecule has 0 aliphatic carbocycles. The van der Waals surface area contributed by atoms with E-state index in [0.29, 0.717) is 5.56 Å². The zero-order valence-corrected chi connectivity index (χ0v) is 15.9. The van der Waals surface area contributed by atoms with Gasteiger partial charge in [0.1, 0.15) is 5.60 Å². The summed E-state index contributed by atoms with van der Waals surface area (Å²) in [5, 5.41) is 13.5. The van der Waals surface area contributed by atoms with Crippen LogP contribution in [0.2, 0.25) is 0 Å². The zero-order chi connectivity index (χ0) is 18.6. The molecule has 0 spiro atoms. The molecule has 3 aromatic rings. The summed E-state index contributed by atoms with van der Waals surface area (Å²) >= 11 is 3.29. The predicted molar refractivity (Wildman–Crippen MR) is 106 cm³/mol. The summed E-state index contributed by atoms with van der Waals surface area (Å²) < 4.78 is 0.730. The van der Waals surface area contributed by atoms with E-state index in [4.69, 9.17) is 0 Å². The van der Waals surface area contributed by atoms with Gasteiger partial charge in [-0.05, 0) is 45.6 Å². The maximum atomic E-state index is 12.2. The fraction of sp³-hybridized carbons (Fsp3) is 0.143. The van der Waals surface area contributed by atoms with Gasteiger partial charge in [0.05, 0.1) is 12.1 Å². The number of rotatable bonds is 5. The monoisotopic (exact) mass is 410 g/mol. The van der Waals surface area contributed by atoms with Gasteiger partial charge in [-0.15, -0.1) is 0 Å². The molecule has 0 aliphatic heterocycles. The standard InChI is InChI=1S/C21H19BrN2O2/c1-21(26,14-24-20(25)17-11-19(22)13-23-12-17)18-9-7-16(8-10-18)15-5-3-2-4-6-15/h2-13,26H,14H2,1H3,(H,24,25)/t21-/m1/s1. The molecule has 1 amide bonds. The Morgan fingerprint density at radius 1 is 1.08 bits per heavy atom. The first kappa shape index (κ1) is 18.3. The second-order valence-electron chi connectivity index (χ2n) is 6.29. The van der Waals surface area contributed by atoms with Crippen LogP contribution in [0.5, 0.6) is 0 Å². The van der Waals surface area contributed by atoms with Crippen LogP contribution in [-0.4, -0.2) is 22.5 Å². The molecule has 2 N–H and O–H groups in total. The van der Waals surface area contributed by atoms with Crippen molar-refractivity contribution >= 4 is 21.8 Å². The van der Waals surface area contributed by atoms with Gasteiger partial charge in [0.25, 0.3) is 5.91 Å². The average Bonchev–Trinajstić information content (AvgIpc) is 2.67. The lowest BCUT2D eigenvalue weighted by Crippen LogP contribution is -2.38. The molecule has 0 unspecified atom stereocenters. The molecule has 0 aliphatic rings. The van der Waals surface area contributed by atoms with Crippen molar-refractivity contribution in [3.8, 4) is 11.1 Å². The van der Waals surface area contributed by atoms with Crippen molar-refractivity contribution in [2.24, 2.45) is 0 Å². The van der Waals surface area contributed by atoms with Gasteiger partial charge in [-0.3, -0.25) is 9.78 Å². The smallest absolute Gasteiger partial charge is 0.252 e. The van der Waals surface area contributed by atoms with E-state index in [2.05, 4.69) is 26.2 Å². The highest BCUT2D eigenvalue weighted by Crippen LogP contribution is 2.25. The van der Waals surface area contributed by atoms with Gasteiger partial charge in [0.2, 0.25) is 0 Å². The van der Waals surface area contributed by atoms with Crippen LogP contribution in [0.15, 0.2) is 77.5 Å². The van der Waals surface area contributed by atoms with Crippen LogP contribution in [0, 0.1) is 0 Å². The normalized spacial score (nSPS) is 13.0. The van der Waals surface area contributed by atoms with Gasteiger partial charge in [-0.25, -0.2) is 0 Å². The largest absolute Gasteiger partial charge is 0.384 e. The van der Waals surface area contributed by atoms with E-state index in [1.54, 1.807) is 19.2 Å². The Morgan fingerprint density at radius 2 is 1.73 bits per heavy atom. The number of benzene rings is 2. The fourth-order valence-corrected chi connectivity index (χ4v) is 3.01. The summed E-state index contributed by atoms with van der Waals surface area (Å²) in [7, 11) is 0. The number of hydrogen-bond donors (Lipinski definition) is 2. The number of carbonyl (C=O) groups is 1. The fourth-order valence-electron chi connectivity index (χ4n) is 2.64. The van der Waals surface area contributed by atoms with Gasteiger partial charge in [-0.2, -0.15) is 0 Å². The van der Waals surface area contributed by atoms with E-state index in [-0.39, 0.29) is 12.5 Å². The highest BCUT2D eigenvalue weighted by atomic mass is 79.9. The van der Waals surface area contributed by atoms with Crippen LogP contribution in [0.25, 0.3) is 11.1 Å². The van der Waals surface area contributed by atoms with Crippen molar-refractivity contribution in [2.45, 2.75) is 12.5 Å². The van der Waals surface area contributed by atoms with Crippen molar-refractivity contribution in [3.63, 3.8) is 0 Å². The minimum atomic E-state index is -1.18. The van der Waals surface area contributed by atoms with Gasteiger partial charge < -0.3 is 10.4 Å². The molecule has 1 heterocycles. The quantitative estimate of drug-likeness (QED) is 0.663. The first-order chi connectivity index (χ1) is 12.5. The lowest BCUT2D eigenvalue weighted by atomic mass is 9.93. The van der Waals surface area contributed by atoms with E-state index in [9.17, 15) is 9.90 Å². The highest BCUT2D eigenvalue weighted by Gasteiger charge is 2.24. The molecule has 5 heteroatoms. The van der Waals surface area contributed by atoms with Crippen molar-refractivity contribution in [2.75, 3.05) is 6.54 Å². The third-order valence-corrected chi connectivity index (χ3v) is 4.61. The first-order valence-corrected chi connectivity index (χ1v) is 9.02. The molecule has 0 bridgehead atoms. The topological polar surface area (TPSA) is 62.2 Å². The Hall–Kier alpha value is -2.50. The molecule has 4 nitrogen and oxygen atoms in total. The summed E-state index contributed by atoms with van der Waals surface area (Å²) in [5.41, 5.74) is 2.20. The predicted octanol–water partition coefficient (Wildman–Crippen LogP) is 4.15. The second kappa shape index (κ2) is 7.81. The third kappa shape index (κ3) is 4.36. The van der Waals surface area contributed by atoms with E-state index in [0.717, 1.165) is 21.2 Å². The number of halogens is 1. The molecule has 0 fully saturated rings. The van der Waals surface area contributed by atoms with Crippen LogP contribution >= 0.6 is 15.9 Å². The Morgan fingerprint density at radius 3 is 2.38 bits per heavy atom. The molecule has 1 aromatic heterocycles. The molecular formula is C21H19BrN2O2. The van der Waals surface area contributed by atoms with Crippen molar-refractivity contribution in [1.82, 2.24) is 10.3 Å². The Labute approximate surface area is 161 Å². The highest BCUT2D eigenvalue weighted by molar-refractivity contribution is 9.10. The Balaban J connectivity index is 1.69. The molecule has 3 rings (SSSR count). The average molecular weight is 411 g/mol. The first-order valence-electron chi connectivity index (χ1n) is 8.23. The van der Waals surface area contributed by atoms with Crippen molar-refractivity contribution < 1.29 is 9.90 Å². The number of hydrogen-bond acceptors (Lipinski definition) is 3.